The van der Waals surface area contributed by atoms with E-state index in [0.717, 1.165) is 23.4 Å². The lowest BCUT2D eigenvalue weighted by Crippen LogP contribution is -2.41. The van der Waals surface area contributed by atoms with Crippen molar-refractivity contribution in [2.75, 3.05) is 24.3 Å². The van der Waals surface area contributed by atoms with E-state index in [4.69, 9.17) is 0 Å². The normalized spacial score (nSPS) is 16.1. The molecule has 3 rings (SSSR count). The Morgan fingerprint density at radius 3 is 2.68 bits per heavy atom. The van der Waals surface area contributed by atoms with Crippen molar-refractivity contribution in [2.24, 2.45) is 0 Å². The Kier molecular flexibility index (Phi) is 4.78. The average Bonchev–Trinajstić information content (AvgIpc) is 2.57. The fourth-order valence-electron chi connectivity index (χ4n) is 2.79. The second-order valence-electron chi connectivity index (χ2n) is 6.17. The zero-order chi connectivity index (χ0) is 18.0. The molecule has 8 heteroatoms. The van der Waals surface area contributed by atoms with Crippen LogP contribution in [-0.4, -0.2) is 36.1 Å². The molecular weight excluding hydrogens is 328 g/mol. The number of urea groups is 1. The molecule has 0 bridgehead atoms. The van der Waals surface area contributed by atoms with Gasteiger partial charge in [-0.05, 0) is 37.0 Å². The molecule has 0 saturated heterocycles. The van der Waals surface area contributed by atoms with Crippen LogP contribution in [0.2, 0.25) is 0 Å². The highest BCUT2D eigenvalue weighted by atomic mass is 19.1. The summed E-state index contributed by atoms with van der Waals surface area (Å²) in [5.74, 6) is -0.972. The minimum atomic E-state index is -0.811. The predicted molar refractivity (Wildman–Crippen MR) is 90.7 cm³/mol. The predicted octanol–water partition coefficient (Wildman–Crippen LogP) is 2.50. The summed E-state index contributed by atoms with van der Waals surface area (Å²) in [6, 6.07) is 2.65. The number of para-hydroxylation sites is 1. The first-order valence-corrected chi connectivity index (χ1v) is 7.97. The number of halogens is 2. The number of rotatable bonds is 3. The van der Waals surface area contributed by atoms with E-state index in [1.54, 1.807) is 6.20 Å². The van der Waals surface area contributed by atoms with Crippen LogP contribution in [0.25, 0.3) is 0 Å². The summed E-state index contributed by atoms with van der Waals surface area (Å²) >= 11 is 0. The van der Waals surface area contributed by atoms with Crippen molar-refractivity contribution in [2.45, 2.75) is 25.3 Å². The lowest BCUT2D eigenvalue weighted by Gasteiger charge is -2.25. The van der Waals surface area contributed by atoms with Gasteiger partial charge in [-0.1, -0.05) is 6.07 Å². The number of hydrogen-bond donors (Lipinski definition) is 2. The second-order valence-corrected chi connectivity index (χ2v) is 6.17. The van der Waals surface area contributed by atoms with Gasteiger partial charge in [-0.25, -0.2) is 23.5 Å². The molecule has 1 aliphatic rings. The molecule has 1 aliphatic carbocycles. The SMILES string of the molecule is CN(C)c1ncc2c(n1)CC[C@@H](NC(=O)Nc1c(F)cccc1F)C2. The largest absolute Gasteiger partial charge is 0.347 e. The zero-order valence-corrected chi connectivity index (χ0v) is 14.0. The lowest BCUT2D eigenvalue weighted by atomic mass is 9.93. The summed E-state index contributed by atoms with van der Waals surface area (Å²) in [5.41, 5.74) is 1.49. The van der Waals surface area contributed by atoms with Gasteiger partial charge in [0.15, 0.2) is 0 Å². The molecule has 132 valence electrons. The molecule has 1 heterocycles. The fourth-order valence-corrected chi connectivity index (χ4v) is 2.79. The van der Waals surface area contributed by atoms with Gasteiger partial charge in [0.2, 0.25) is 5.95 Å². The number of carbonyl (C=O) groups excluding carboxylic acids is 1. The van der Waals surface area contributed by atoms with Gasteiger partial charge in [0, 0.05) is 32.0 Å². The number of hydrogen-bond acceptors (Lipinski definition) is 4. The quantitative estimate of drug-likeness (QED) is 0.895. The number of nitrogens with one attached hydrogen (secondary N) is 2. The van der Waals surface area contributed by atoms with Crippen LogP contribution in [0.15, 0.2) is 24.4 Å². The molecule has 2 N–H and O–H groups in total. The van der Waals surface area contributed by atoms with Crippen molar-refractivity contribution in [1.82, 2.24) is 15.3 Å². The van der Waals surface area contributed by atoms with Crippen molar-refractivity contribution in [3.05, 3.63) is 47.3 Å². The van der Waals surface area contributed by atoms with Crippen molar-refractivity contribution in [1.29, 1.82) is 0 Å². The molecule has 1 aromatic carbocycles. The van der Waals surface area contributed by atoms with Gasteiger partial charge < -0.3 is 15.5 Å². The van der Waals surface area contributed by atoms with Gasteiger partial charge >= 0.3 is 6.03 Å². The van der Waals surface area contributed by atoms with Crippen LogP contribution in [0, 0.1) is 11.6 Å². The molecular formula is C17H19F2N5O. The number of amides is 2. The van der Waals surface area contributed by atoms with Gasteiger partial charge in [-0.2, -0.15) is 0 Å². The zero-order valence-electron chi connectivity index (χ0n) is 14.0. The van der Waals surface area contributed by atoms with Crippen LogP contribution >= 0.6 is 0 Å². The minimum Gasteiger partial charge on any atom is -0.347 e. The van der Waals surface area contributed by atoms with Gasteiger partial charge in [-0.15, -0.1) is 0 Å². The number of aromatic nitrogens is 2. The lowest BCUT2D eigenvalue weighted by molar-refractivity contribution is 0.246. The highest BCUT2D eigenvalue weighted by Gasteiger charge is 2.23. The molecule has 25 heavy (non-hydrogen) atoms. The third kappa shape index (κ3) is 3.84. The Balaban J connectivity index is 1.64. The monoisotopic (exact) mass is 347 g/mol. The van der Waals surface area contributed by atoms with Gasteiger partial charge in [0.05, 0.1) is 0 Å². The standard InChI is InChI=1S/C17H19F2N5O/c1-24(2)16-20-9-10-8-11(6-7-14(10)22-16)21-17(25)23-15-12(18)4-3-5-13(15)19/h3-5,9,11H,6-8H2,1-2H3,(H2,21,23,25)/t11-/m1/s1. The summed E-state index contributed by atoms with van der Waals surface area (Å²) < 4.78 is 27.2. The minimum absolute atomic E-state index is 0.142. The van der Waals surface area contributed by atoms with Crippen molar-refractivity contribution in [3.63, 3.8) is 0 Å². The Bertz CT molecular complexity index is 776. The molecule has 0 radical (unpaired) electrons. The Morgan fingerprint density at radius 1 is 1.28 bits per heavy atom. The molecule has 1 aromatic heterocycles. The molecule has 0 saturated carbocycles. The van der Waals surface area contributed by atoms with Crippen LogP contribution in [0.4, 0.5) is 25.2 Å². The number of nitrogens with zero attached hydrogens (tertiary/aromatic N) is 3. The molecule has 6 nitrogen and oxygen atoms in total. The molecule has 1 atom stereocenters. The summed E-state index contributed by atoms with van der Waals surface area (Å²) in [6.45, 7) is 0. The molecule has 2 amide bonds. The highest BCUT2D eigenvalue weighted by Crippen LogP contribution is 2.22. The summed E-state index contributed by atoms with van der Waals surface area (Å²) in [7, 11) is 3.75. The van der Waals surface area contributed by atoms with E-state index >= 15 is 0 Å². The van der Waals surface area contributed by atoms with Crippen LogP contribution in [-0.2, 0) is 12.8 Å². The second kappa shape index (κ2) is 7.00. The van der Waals surface area contributed by atoms with E-state index in [0.29, 0.717) is 25.2 Å². The molecule has 0 aliphatic heterocycles. The Labute approximate surface area is 144 Å². The van der Waals surface area contributed by atoms with Crippen LogP contribution in [0.3, 0.4) is 0 Å². The van der Waals surface area contributed by atoms with E-state index in [9.17, 15) is 13.6 Å². The van der Waals surface area contributed by atoms with E-state index in [-0.39, 0.29) is 6.04 Å². The maximum atomic E-state index is 13.6. The molecule has 2 aromatic rings. The van der Waals surface area contributed by atoms with Gasteiger partial charge in [0.1, 0.15) is 17.3 Å². The number of fused-ring (bicyclic) bond motifs is 1. The Morgan fingerprint density at radius 2 is 2.00 bits per heavy atom. The third-order valence-corrected chi connectivity index (χ3v) is 4.07. The van der Waals surface area contributed by atoms with Gasteiger partial charge in [0.25, 0.3) is 0 Å². The first kappa shape index (κ1) is 17.1. The maximum Gasteiger partial charge on any atom is 0.319 e. The highest BCUT2D eigenvalue weighted by molar-refractivity contribution is 5.89. The maximum absolute atomic E-state index is 13.6. The van der Waals surface area contributed by atoms with Crippen molar-refractivity contribution < 1.29 is 13.6 Å². The smallest absolute Gasteiger partial charge is 0.319 e. The Hall–Kier alpha value is -2.77. The van der Waals surface area contributed by atoms with Crippen molar-refractivity contribution >= 4 is 17.7 Å². The summed E-state index contributed by atoms with van der Waals surface area (Å²) in [6.07, 6.45) is 3.75. The van der Waals surface area contributed by atoms with E-state index in [1.807, 2.05) is 19.0 Å². The summed E-state index contributed by atoms with van der Waals surface area (Å²) in [5, 5.41) is 4.99. The first-order valence-electron chi connectivity index (χ1n) is 7.97. The number of carbonyl (C=O) groups is 1. The number of anilines is 2. The average molecular weight is 347 g/mol. The molecule has 0 unspecified atom stereocenters. The topological polar surface area (TPSA) is 70.2 Å². The van der Waals surface area contributed by atoms with Gasteiger partial charge in [-0.3, -0.25) is 0 Å². The molecule has 0 fully saturated rings. The van der Waals surface area contributed by atoms with Crippen LogP contribution in [0.5, 0.6) is 0 Å². The number of benzene rings is 1. The molecule has 0 spiro atoms. The number of aryl methyl sites for hydroxylation is 1. The van der Waals surface area contributed by atoms with Crippen molar-refractivity contribution in [3.8, 4) is 0 Å². The summed E-state index contributed by atoms with van der Waals surface area (Å²) in [4.78, 5) is 22.7. The van der Waals surface area contributed by atoms with E-state index < -0.39 is 23.4 Å². The first-order chi connectivity index (χ1) is 11.9. The van der Waals surface area contributed by atoms with Crippen LogP contribution < -0.4 is 15.5 Å². The fraction of sp³-hybridized carbons (Fsp3) is 0.353. The third-order valence-electron chi connectivity index (χ3n) is 4.07. The van der Waals surface area contributed by atoms with Crippen LogP contribution in [0.1, 0.15) is 17.7 Å². The van der Waals surface area contributed by atoms with E-state index in [2.05, 4.69) is 20.6 Å². The van der Waals surface area contributed by atoms with E-state index in [1.165, 1.54) is 6.07 Å².